The van der Waals surface area contributed by atoms with Crippen molar-refractivity contribution >= 4 is 17.0 Å². The van der Waals surface area contributed by atoms with Gasteiger partial charge in [-0.2, -0.15) is 0 Å². The molecule has 2 N–H and O–H groups in total. The number of fused-ring (bicyclic) bond motifs is 1. The lowest BCUT2D eigenvalue weighted by atomic mass is 10.2. The second kappa shape index (κ2) is 5.18. The van der Waals surface area contributed by atoms with E-state index in [0.29, 0.717) is 0 Å². The van der Waals surface area contributed by atoms with E-state index in [-0.39, 0.29) is 12.5 Å². The number of ether oxygens (including phenoxy) is 1. The monoisotopic (exact) mass is 247 g/mol. The van der Waals surface area contributed by atoms with Gasteiger partial charge in [0.05, 0.1) is 18.1 Å². The van der Waals surface area contributed by atoms with Gasteiger partial charge in [-0.1, -0.05) is 19.1 Å². The predicted octanol–water partition coefficient (Wildman–Crippen LogP) is 1.27. The lowest BCUT2D eigenvalue weighted by Crippen LogP contribution is -2.29. The first-order valence-electron chi connectivity index (χ1n) is 5.96. The maximum atomic E-state index is 11.8. The molecule has 1 aromatic carbocycles. The van der Waals surface area contributed by atoms with Crippen LogP contribution in [0.2, 0.25) is 0 Å². The Labute approximate surface area is 106 Å². The largest absolute Gasteiger partial charge is 0.467 e. The third-order valence-corrected chi connectivity index (χ3v) is 2.99. The second-order valence-electron chi connectivity index (χ2n) is 4.01. The molecule has 2 rings (SSSR count). The average Bonchev–Trinajstić information content (AvgIpc) is 2.78. The molecule has 1 atom stereocenters. The highest BCUT2D eigenvalue weighted by Gasteiger charge is 2.24. The molecule has 0 radical (unpaired) electrons. The third kappa shape index (κ3) is 1.97. The quantitative estimate of drug-likeness (QED) is 0.826. The summed E-state index contributed by atoms with van der Waals surface area (Å²) in [7, 11) is 1.37. The molecular weight excluding hydrogens is 230 g/mol. The topological polar surface area (TPSA) is 70.1 Å². The van der Waals surface area contributed by atoms with Crippen LogP contribution < -0.4 is 5.73 Å². The highest BCUT2D eigenvalue weighted by atomic mass is 16.5. The van der Waals surface area contributed by atoms with E-state index in [1.54, 1.807) is 0 Å². The molecular formula is C13H17N3O2. The van der Waals surface area contributed by atoms with Crippen LogP contribution >= 0.6 is 0 Å². The fourth-order valence-electron chi connectivity index (χ4n) is 2.13. The van der Waals surface area contributed by atoms with Crippen LogP contribution in [0, 0.1) is 0 Å². The molecule has 0 spiro atoms. The molecule has 0 fully saturated rings. The molecule has 5 nitrogen and oxygen atoms in total. The van der Waals surface area contributed by atoms with Gasteiger partial charge in [0.15, 0.2) is 0 Å². The summed E-state index contributed by atoms with van der Waals surface area (Å²) in [5.41, 5.74) is 7.49. The zero-order chi connectivity index (χ0) is 13.1. The first-order valence-corrected chi connectivity index (χ1v) is 5.96. The number of hydrogen-bond donors (Lipinski definition) is 1. The van der Waals surface area contributed by atoms with Crippen LogP contribution in [0.3, 0.4) is 0 Å². The fourth-order valence-corrected chi connectivity index (χ4v) is 2.13. The number of imidazole rings is 1. The summed E-state index contributed by atoms with van der Waals surface area (Å²) >= 11 is 0. The van der Waals surface area contributed by atoms with Gasteiger partial charge in [0, 0.05) is 13.0 Å². The number of nitrogens with two attached hydrogens (primary N) is 1. The number of benzene rings is 1. The maximum absolute atomic E-state index is 11.8. The number of aryl methyl sites for hydroxylation is 1. The summed E-state index contributed by atoms with van der Waals surface area (Å²) < 4.78 is 6.68. The molecule has 0 saturated carbocycles. The van der Waals surface area contributed by atoms with Crippen molar-refractivity contribution in [3.05, 3.63) is 30.1 Å². The van der Waals surface area contributed by atoms with E-state index in [4.69, 9.17) is 10.5 Å². The van der Waals surface area contributed by atoms with Crippen LogP contribution in [0.25, 0.3) is 11.0 Å². The van der Waals surface area contributed by atoms with Crippen LogP contribution in [0.4, 0.5) is 0 Å². The second-order valence-corrected chi connectivity index (χ2v) is 4.01. The summed E-state index contributed by atoms with van der Waals surface area (Å²) in [5.74, 6) is 0.507. The van der Waals surface area contributed by atoms with Gasteiger partial charge in [-0.05, 0) is 12.1 Å². The summed E-state index contributed by atoms with van der Waals surface area (Å²) in [6, 6.07) is 7.19. The van der Waals surface area contributed by atoms with E-state index >= 15 is 0 Å². The lowest BCUT2D eigenvalue weighted by molar-refractivity contribution is -0.144. The Kier molecular flexibility index (Phi) is 3.62. The number of carbonyl (C=O) groups excluding carboxylic acids is 1. The minimum absolute atomic E-state index is 0.194. The maximum Gasteiger partial charge on any atom is 0.330 e. The summed E-state index contributed by atoms with van der Waals surface area (Å²) in [6.07, 6.45) is 0.738. The number of hydrogen-bond acceptors (Lipinski definition) is 4. The van der Waals surface area contributed by atoms with Gasteiger partial charge in [-0.25, -0.2) is 9.78 Å². The summed E-state index contributed by atoms with van der Waals surface area (Å²) in [6.45, 7) is 2.20. The number of nitrogens with zero attached hydrogens (tertiary/aromatic N) is 2. The lowest BCUT2D eigenvalue weighted by Gasteiger charge is -2.17. The Hall–Kier alpha value is -1.88. The Morgan fingerprint density at radius 1 is 1.50 bits per heavy atom. The number of esters is 1. The van der Waals surface area contributed by atoms with Gasteiger partial charge < -0.3 is 15.0 Å². The molecule has 0 aliphatic rings. The number of para-hydroxylation sites is 2. The number of rotatable bonds is 4. The summed E-state index contributed by atoms with van der Waals surface area (Å²) in [4.78, 5) is 16.3. The third-order valence-electron chi connectivity index (χ3n) is 2.99. The molecule has 1 heterocycles. The Bertz CT molecular complexity index is 562. The minimum Gasteiger partial charge on any atom is -0.467 e. The highest BCUT2D eigenvalue weighted by Crippen LogP contribution is 2.22. The van der Waals surface area contributed by atoms with Crippen molar-refractivity contribution in [1.29, 1.82) is 0 Å². The van der Waals surface area contributed by atoms with Crippen molar-refractivity contribution in [2.24, 2.45) is 5.73 Å². The molecule has 0 amide bonds. The van der Waals surface area contributed by atoms with Gasteiger partial charge in [-0.3, -0.25) is 0 Å². The molecule has 2 aromatic rings. The van der Waals surface area contributed by atoms with E-state index in [2.05, 4.69) is 4.98 Å². The molecule has 1 aromatic heterocycles. The molecule has 1 unspecified atom stereocenters. The normalized spacial score (nSPS) is 12.6. The Morgan fingerprint density at radius 3 is 2.83 bits per heavy atom. The van der Waals surface area contributed by atoms with E-state index in [9.17, 15) is 4.79 Å². The summed E-state index contributed by atoms with van der Waals surface area (Å²) in [5, 5.41) is 0. The smallest absolute Gasteiger partial charge is 0.330 e. The SMILES string of the molecule is CCc1nc2ccccc2n1C(CN)C(=O)OC. The zero-order valence-corrected chi connectivity index (χ0v) is 10.6. The van der Waals surface area contributed by atoms with Crippen molar-refractivity contribution in [3.8, 4) is 0 Å². The van der Waals surface area contributed by atoms with E-state index in [1.807, 2.05) is 35.8 Å². The van der Waals surface area contributed by atoms with Gasteiger partial charge in [0.25, 0.3) is 0 Å². The van der Waals surface area contributed by atoms with E-state index < -0.39 is 6.04 Å². The van der Waals surface area contributed by atoms with Gasteiger partial charge in [0.1, 0.15) is 11.9 Å². The molecule has 96 valence electrons. The minimum atomic E-state index is -0.516. The number of methoxy groups -OCH3 is 1. The molecule has 0 bridgehead atoms. The van der Waals surface area contributed by atoms with Crippen molar-refractivity contribution in [3.63, 3.8) is 0 Å². The highest BCUT2D eigenvalue weighted by molar-refractivity contribution is 5.81. The first kappa shape index (κ1) is 12.6. The Balaban J connectivity index is 2.63. The molecule has 0 saturated heterocycles. The van der Waals surface area contributed by atoms with Gasteiger partial charge >= 0.3 is 5.97 Å². The zero-order valence-electron chi connectivity index (χ0n) is 10.6. The van der Waals surface area contributed by atoms with Crippen LogP contribution in [0.1, 0.15) is 18.8 Å². The van der Waals surface area contributed by atoms with Crippen LogP contribution in [0.15, 0.2) is 24.3 Å². The van der Waals surface area contributed by atoms with Crippen molar-refractivity contribution in [2.75, 3.05) is 13.7 Å². The molecule has 0 aliphatic carbocycles. The van der Waals surface area contributed by atoms with Gasteiger partial charge in [-0.15, -0.1) is 0 Å². The molecule has 18 heavy (non-hydrogen) atoms. The van der Waals surface area contributed by atoms with Crippen molar-refractivity contribution in [1.82, 2.24) is 9.55 Å². The van der Waals surface area contributed by atoms with Crippen molar-refractivity contribution < 1.29 is 9.53 Å². The number of carbonyl (C=O) groups is 1. The fraction of sp³-hybridized carbons (Fsp3) is 0.385. The van der Waals surface area contributed by atoms with Crippen molar-refractivity contribution in [2.45, 2.75) is 19.4 Å². The average molecular weight is 247 g/mol. The van der Waals surface area contributed by atoms with Crippen LogP contribution in [0.5, 0.6) is 0 Å². The molecule has 5 heteroatoms. The molecule has 0 aliphatic heterocycles. The van der Waals surface area contributed by atoms with Crippen LogP contribution in [-0.4, -0.2) is 29.2 Å². The standard InChI is InChI=1S/C13H17N3O2/c1-3-12-15-9-6-4-5-7-10(9)16(12)11(8-14)13(17)18-2/h4-7,11H,3,8,14H2,1-2H3. The Morgan fingerprint density at radius 2 is 2.22 bits per heavy atom. The van der Waals surface area contributed by atoms with Crippen LogP contribution in [-0.2, 0) is 16.0 Å². The van der Waals surface area contributed by atoms with E-state index in [1.165, 1.54) is 7.11 Å². The van der Waals surface area contributed by atoms with Gasteiger partial charge in [0.2, 0.25) is 0 Å². The predicted molar refractivity (Wildman–Crippen MR) is 69.2 cm³/mol. The first-order chi connectivity index (χ1) is 8.72. The van der Waals surface area contributed by atoms with E-state index in [0.717, 1.165) is 23.3 Å². The number of aromatic nitrogens is 2.